The highest BCUT2D eigenvalue weighted by atomic mass is 15.1. The minimum atomic E-state index is 0.542. The fraction of sp³-hybridized carbons (Fsp3) is 1.00. The molecule has 0 aromatic rings. The molecule has 1 aliphatic heterocycles. The van der Waals surface area contributed by atoms with Crippen LogP contribution in [0.3, 0.4) is 0 Å². The van der Waals surface area contributed by atoms with Crippen LogP contribution in [0.4, 0.5) is 0 Å². The van der Waals surface area contributed by atoms with Crippen LogP contribution in [0.15, 0.2) is 0 Å². The Morgan fingerprint density at radius 2 is 1.81 bits per heavy atom. The molecule has 0 radical (unpaired) electrons. The summed E-state index contributed by atoms with van der Waals surface area (Å²) in [5, 5.41) is 0. The highest BCUT2D eigenvalue weighted by Crippen LogP contribution is 2.28. The molecule has 0 aromatic carbocycles. The predicted molar refractivity (Wildman–Crippen MR) is 74.8 cm³/mol. The van der Waals surface area contributed by atoms with Gasteiger partial charge in [-0.2, -0.15) is 0 Å². The van der Waals surface area contributed by atoms with Crippen molar-refractivity contribution in [3.05, 3.63) is 0 Å². The Labute approximate surface area is 104 Å². The van der Waals surface area contributed by atoms with Crippen molar-refractivity contribution < 1.29 is 0 Å². The lowest BCUT2D eigenvalue weighted by molar-refractivity contribution is 0.240. The van der Waals surface area contributed by atoms with Crippen LogP contribution in [0.1, 0.15) is 61.3 Å². The molecule has 0 aromatic heterocycles. The number of rotatable bonds is 3. The maximum absolute atomic E-state index is 2.50. The minimum Gasteiger partial charge on any atom is -0.303 e. The molecule has 1 aliphatic rings. The zero-order chi connectivity index (χ0) is 12.8. The van der Waals surface area contributed by atoms with Crippen LogP contribution in [-0.2, 0) is 0 Å². The van der Waals surface area contributed by atoms with E-state index in [1.165, 1.54) is 32.5 Å². The number of likely N-dealkylation sites (tertiary alicyclic amines) is 1. The van der Waals surface area contributed by atoms with Crippen LogP contribution in [0, 0.1) is 17.3 Å². The lowest BCUT2D eigenvalue weighted by atomic mass is 9.79. The summed E-state index contributed by atoms with van der Waals surface area (Å²) in [5.74, 6) is 1.77. The summed E-state index contributed by atoms with van der Waals surface area (Å²) in [6.07, 6.45) is 2.69. The summed E-state index contributed by atoms with van der Waals surface area (Å²) in [5.41, 5.74) is 0.542. The Kier molecular flexibility index (Phi) is 7.30. The maximum atomic E-state index is 2.50. The van der Waals surface area contributed by atoms with E-state index < -0.39 is 0 Å². The van der Waals surface area contributed by atoms with Crippen molar-refractivity contribution in [1.29, 1.82) is 0 Å². The molecule has 0 N–H and O–H groups in total. The van der Waals surface area contributed by atoms with Gasteiger partial charge in [0.25, 0.3) is 0 Å². The lowest BCUT2D eigenvalue weighted by Crippen LogP contribution is -2.18. The van der Waals surface area contributed by atoms with Gasteiger partial charge in [-0.15, -0.1) is 0 Å². The molecular weight excluding hydrogens is 194 g/mol. The summed E-state index contributed by atoms with van der Waals surface area (Å²) in [6.45, 7) is 19.9. The molecule has 1 atom stereocenters. The van der Waals surface area contributed by atoms with Crippen molar-refractivity contribution >= 4 is 0 Å². The fourth-order valence-electron chi connectivity index (χ4n) is 1.72. The van der Waals surface area contributed by atoms with E-state index in [0.29, 0.717) is 5.41 Å². The molecule has 1 heteroatoms. The first-order chi connectivity index (χ1) is 7.33. The molecule has 0 amide bonds. The Morgan fingerprint density at radius 1 is 1.25 bits per heavy atom. The molecule has 1 nitrogen and oxygen atoms in total. The van der Waals surface area contributed by atoms with Crippen LogP contribution in [-0.4, -0.2) is 24.5 Å². The smallest absolute Gasteiger partial charge is 0.000738 e. The van der Waals surface area contributed by atoms with Crippen molar-refractivity contribution in [2.24, 2.45) is 17.3 Å². The summed E-state index contributed by atoms with van der Waals surface area (Å²) in [6, 6.07) is 0. The molecule has 1 heterocycles. The second-order valence-corrected chi connectivity index (χ2v) is 6.28. The Balaban J connectivity index is 0.000000281. The summed E-state index contributed by atoms with van der Waals surface area (Å²) >= 11 is 0. The van der Waals surface area contributed by atoms with Crippen LogP contribution in [0.2, 0.25) is 0 Å². The van der Waals surface area contributed by atoms with Gasteiger partial charge in [0.15, 0.2) is 0 Å². The Bertz CT molecular complexity index is 172. The average Bonchev–Trinajstić information content (AvgIpc) is 2.65. The molecule has 16 heavy (non-hydrogen) atoms. The lowest BCUT2D eigenvalue weighted by Gasteiger charge is -2.27. The highest BCUT2D eigenvalue weighted by molar-refractivity contribution is 4.70. The monoisotopic (exact) mass is 227 g/mol. The van der Waals surface area contributed by atoms with E-state index in [9.17, 15) is 0 Å². The van der Waals surface area contributed by atoms with E-state index in [-0.39, 0.29) is 0 Å². The summed E-state index contributed by atoms with van der Waals surface area (Å²) in [4.78, 5) is 2.50. The van der Waals surface area contributed by atoms with E-state index in [1.807, 2.05) is 0 Å². The van der Waals surface area contributed by atoms with Gasteiger partial charge in [0.2, 0.25) is 0 Å². The van der Waals surface area contributed by atoms with Gasteiger partial charge in [-0.3, -0.25) is 0 Å². The van der Waals surface area contributed by atoms with E-state index in [4.69, 9.17) is 0 Å². The zero-order valence-corrected chi connectivity index (χ0v) is 12.6. The first-order valence-electron chi connectivity index (χ1n) is 7.05. The number of nitrogens with zero attached hydrogens (tertiary/aromatic N) is 1. The zero-order valence-electron chi connectivity index (χ0n) is 12.6. The van der Waals surface area contributed by atoms with Crippen molar-refractivity contribution in [1.82, 2.24) is 4.90 Å². The normalized spacial score (nSPS) is 22.1. The van der Waals surface area contributed by atoms with E-state index in [0.717, 1.165) is 11.8 Å². The molecule has 1 saturated heterocycles. The van der Waals surface area contributed by atoms with Gasteiger partial charge in [-0.1, -0.05) is 54.9 Å². The largest absolute Gasteiger partial charge is 0.303 e. The van der Waals surface area contributed by atoms with Gasteiger partial charge in [-0.05, 0) is 36.8 Å². The number of hydrogen-bond acceptors (Lipinski definition) is 1. The van der Waals surface area contributed by atoms with Gasteiger partial charge in [0, 0.05) is 6.54 Å². The predicted octanol–water partition coefficient (Wildman–Crippen LogP) is 4.43. The molecule has 0 saturated carbocycles. The molecule has 1 fully saturated rings. The van der Waals surface area contributed by atoms with Crippen LogP contribution in [0.5, 0.6) is 0 Å². The molecule has 0 aliphatic carbocycles. The van der Waals surface area contributed by atoms with Gasteiger partial charge >= 0.3 is 0 Å². The van der Waals surface area contributed by atoms with E-state index in [2.05, 4.69) is 53.4 Å². The SMILES string of the molecule is CCC(C)(C)C(C)C.CCN1CC[C@H](C)C1. The molecule has 98 valence electrons. The second kappa shape index (κ2) is 7.32. The second-order valence-electron chi connectivity index (χ2n) is 6.28. The third kappa shape index (κ3) is 5.89. The molecule has 0 unspecified atom stereocenters. The molecule has 0 spiro atoms. The quantitative estimate of drug-likeness (QED) is 0.689. The minimum absolute atomic E-state index is 0.542. The molecular formula is C15H33N. The van der Waals surface area contributed by atoms with Crippen molar-refractivity contribution in [3.8, 4) is 0 Å². The van der Waals surface area contributed by atoms with Gasteiger partial charge < -0.3 is 4.90 Å². The highest BCUT2D eigenvalue weighted by Gasteiger charge is 2.18. The Hall–Kier alpha value is -0.0400. The first-order valence-corrected chi connectivity index (χ1v) is 7.05. The first kappa shape index (κ1) is 16.0. The van der Waals surface area contributed by atoms with Gasteiger partial charge in [-0.25, -0.2) is 0 Å². The third-order valence-corrected chi connectivity index (χ3v) is 4.43. The van der Waals surface area contributed by atoms with Gasteiger partial charge in [0.1, 0.15) is 0 Å². The van der Waals surface area contributed by atoms with Crippen LogP contribution < -0.4 is 0 Å². The molecule has 0 bridgehead atoms. The average molecular weight is 227 g/mol. The number of hydrogen-bond donors (Lipinski definition) is 0. The van der Waals surface area contributed by atoms with Crippen LogP contribution in [0.25, 0.3) is 0 Å². The summed E-state index contributed by atoms with van der Waals surface area (Å²) in [7, 11) is 0. The van der Waals surface area contributed by atoms with Crippen molar-refractivity contribution in [2.75, 3.05) is 19.6 Å². The summed E-state index contributed by atoms with van der Waals surface area (Å²) < 4.78 is 0. The van der Waals surface area contributed by atoms with Crippen LogP contribution >= 0.6 is 0 Å². The van der Waals surface area contributed by atoms with Gasteiger partial charge in [0.05, 0.1) is 0 Å². The van der Waals surface area contributed by atoms with Crippen molar-refractivity contribution in [3.63, 3.8) is 0 Å². The standard InChI is InChI=1S/C8H18.C7H15N/c1-6-8(4,5)7(2)3;1-3-8-5-4-7(2)6-8/h7H,6H2,1-5H3;7H,3-6H2,1-2H3/t;7-/m.0/s1. The van der Waals surface area contributed by atoms with E-state index in [1.54, 1.807) is 0 Å². The maximum Gasteiger partial charge on any atom is 0.000738 e. The van der Waals surface area contributed by atoms with E-state index >= 15 is 0 Å². The Morgan fingerprint density at radius 3 is 1.94 bits per heavy atom. The topological polar surface area (TPSA) is 3.24 Å². The molecule has 1 rings (SSSR count). The third-order valence-electron chi connectivity index (χ3n) is 4.43. The van der Waals surface area contributed by atoms with Crippen molar-refractivity contribution in [2.45, 2.75) is 61.3 Å². The fourth-order valence-corrected chi connectivity index (χ4v) is 1.72.